The Kier molecular flexibility index (Phi) is 6.50. The molecule has 2 saturated heterocycles. The van der Waals surface area contributed by atoms with Crippen LogP contribution in [-0.4, -0.2) is 73.9 Å². The predicted octanol–water partition coefficient (Wildman–Crippen LogP) is 2.27. The first-order chi connectivity index (χ1) is 15.4. The molecule has 2 aromatic rings. The van der Waals surface area contributed by atoms with Crippen molar-refractivity contribution in [3.05, 3.63) is 35.3 Å². The van der Waals surface area contributed by atoms with Crippen LogP contribution in [0.5, 0.6) is 11.9 Å². The summed E-state index contributed by atoms with van der Waals surface area (Å²) in [6, 6.07) is 3.60. The van der Waals surface area contributed by atoms with Crippen molar-refractivity contribution in [3.63, 3.8) is 0 Å². The monoisotopic (exact) mass is 478 g/mol. The van der Waals surface area contributed by atoms with Crippen molar-refractivity contribution in [1.29, 1.82) is 0 Å². The van der Waals surface area contributed by atoms with Gasteiger partial charge in [0.25, 0.3) is 10.0 Å². The maximum atomic E-state index is 12.8. The molecule has 0 unspecified atom stereocenters. The molecule has 1 amide bonds. The van der Waals surface area contributed by atoms with Crippen LogP contribution in [0.1, 0.15) is 24.8 Å². The molecule has 4 heterocycles. The van der Waals surface area contributed by atoms with Gasteiger partial charge in [0.2, 0.25) is 11.8 Å². The first-order valence-electron chi connectivity index (χ1n) is 10.3. The minimum Gasteiger partial charge on any atom is -0.480 e. The van der Waals surface area contributed by atoms with E-state index in [0.29, 0.717) is 41.8 Å². The lowest BCUT2D eigenvalue weighted by molar-refractivity contribution is -0.125. The Hall–Kier alpha value is -2.50. The molecule has 2 aliphatic heterocycles. The van der Waals surface area contributed by atoms with E-state index in [1.165, 1.54) is 31.6 Å². The van der Waals surface area contributed by atoms with Crippen molar-refractivity contribution in [2.75, 3.05) is 40.4 Å². The summed E-state index contributed by atoms with van der Waals surface area (Å²) in [6.45, 7) is 2.27. The summed E-state index contributed by atoms with van der Waals surface area (Å²) in [4.78, 5) is 22.8. The van der Waals surface area contributed by atoms with E-state index in [9.17, 15) is 13.2 Å². The van der Waals surface area contributed by atoms with Crippen LogP contribution < -0.4 is 9.47 Å². The zero-order valence-electron chi connectivity index (χ0n) is 18.1. The first kappa shape index (κ1) is 22.7. The summed E-state index contributed by atoms with van der Waals surface area (Å²) in [5.41, 5.74) is 0.564. The Morgan fingerprint density at radius 1 is 1.19 bits per heavy atom. The van der Waals surface area contributed by atoms with Gasteiger partial charge in [-0.3, -0.25) is 4.79 Å². The highest BCUT2D eigenvalue weighted by Gasteiger charge is 2.43. The fraction of sp³-hybridized carbons (Fsp3) is 0.476. The molecule has 172 valence electrons. The molecule has 0 saturated carbocycles. The van der Waals surface area contributed by atoms with Gasteiger partial charge in [0.1, 0.15) is 4.21 Å². The summed E-state index contributed by atoms with van der Waals surface area (Å²) in [7, 11) is -0.451. The van der Waals surface area contributed by atoms with Gasteiger partial charge in [0.05, 0.1) is 19.8 Å². The minimum atomic E-state index is -3.42. The van der Waals surface area contributed by atoms with E-state index in [1.54, 1.807) is 34.1 Å². The molecule has 0 bridgehead atoms. The lowest BCUT2D eigenvalue weighted by Gasteiger charge is -2.38. The number of piperidine rings is 1. The molecule has 32 heavy (non-hydrogen) atoms. The largest absolute Gasteiger partial charge is 0.480 e. The Morgan fingerprint density at radius 3 is 2.59 bits per heavy atom. The topological polar surface area (TPSA) is 102 Å². The molecular formula is C21H26N4O5S2. The van der Waals surface area contributed by atoms with Gasteiger partial charge >= 0.3 is 6.01 Å². The molecule has 2 aliphatic rings. The smallest absolute Gasteiger partial charge is 0.319 e. The van der Waals surface area contributed by atoms with Crippen molar-refractivity contribution in [2.24, 2.45) is 5.41 Å². The van der Waals surface area contributed by atoms with Crippen molar-refractivity contribution >= 4 is 33.3 Å². The van der Waals surface area contributed by atoms with Gasteiger partial charge in [-0.2, -0.15) is 9.29 Å². The molecule has 9 nitrogen and oxygen atoms in total. The number of thiophene rings is 1. The summed E-state index contributed by atoms with van der Waals surface area (Å²) in [5.74, 6) is 0.242. The SMILES string of the molecule is COc1ncc(/C=C/C(=O)N2CCC3(CCN(S(=O)(=O)c4cccs4)CC3)C2)c(OC)n1. The van der Waals surface area contributed by atoms with Gasteiger partial charge in [-0.25, -0.2) is 13.4 Å². The maximum Gasteiger partial charge on any atom is 0.319 e. The summed E-state index contributed by atoms with van der Waals surface area (Å²) >= 11 is 1.24. The Balaban J connectivity index is 1.37. The fourth-order valence-electron chi connectivity index (χ4n) is 4.27. The van der Waals surface area contributed by atoms with Crippen LogP contribution in [0.4, 0.5) is 0 Å². The van der Waals surface area contributed by atoms with E-state index in [2.05, 4.69) is 9.97 Å². The molecule has 2 fully saturated rings. The highest BCUT2D eigenvalue weighted by molar-refractivity contribution is 7.91. The quantitative estimate of drug-likeness (QED) is 0.587. The number of methoxy groups -OCH3 is 2. The molecule has 0 N–H and O–H groups in total. The molecular weight excluding hydrogens is 452 g/mol. The number of ether oxygens (including phenoxy) is 2. The number of amides is 1. The maximum absolute atomic E-state index is 12.8. The van der Waals surface area contributed by atoms with Crippen molar-refractivity contribution in [3.8, 4) is 11.9 Å². The second-order valence-electron chi connectivity index (χ2n) is 8.00. The number of likely N-dealkylation sites (tertiary alicyclic amines) is 1. The van der Waals surface area contributed by atoms with Crippen LogP contribution in [0.3, 0.4) is 0 Å². The van der Waals surface area contributed by atoms with Crippen LogP contribution >= 0.6 is 11.3 Å². The average molecular weight is 479 g/mol. The van der Waals surface area contributed by atoms with Crippen LogP contribution in [0.15, 0.2) is 34.0 Å². The third kappa shape index (κ3) is 4.50. The normalized spacial score (nSPS) is 19.0. The second kappa shape index (κ2) is 9.16. The standard InChI is InChI=1S/C21H26N4O5S2/c1-29-19-16(14-22-20(23-19)30-2)5-6-17(26)24-10-7-21(15-24)8-11-25(12-9-21)32(27,28)18-4-3-13-31-18/h3-6,13-14H,7-12,15H2,1-2H3/b6-5+. The van der Waals surface area contributed by atoms with Crippen LogP contribution in [0.2, 0.25) is 0 Å². The zero-order valence-corrected chi connectivity index (χ0v) is 19.7. The van der Waals surface area contributed by atoms with E-state index < -0.39 is 10.0 Å². The number of carbonyl (C=O) groups excluding carboxylic acids is 1. The molecule has 11 heteroatoms. The average Bonchev–Trinajstić information content (AvgIpc) is 3.49. The number of aromatic nitrogens is 2. The molecule has 0 aromatic carbocycles. The molecule has 1 spiro atoms. The Morgan fingerprint density at radius 2 is 1.94 bits per heavy atom. The number of sulfonamides is 1. The van der Waals surface area contributed by atoms with E-state index in [4.69, 9.17) is 9.47 Å². The number of nitrogens with zero attached hydrogens (tertiary/aromatic N) is 4. The summed E-state index contributed by atoms with van der Waals surface area (Å²) in [6.07, 6.45) is 7.08. The van der Waals surface area contributed by atoms with E-state index in [0.717, 1.165) is 19.3 Å². The minimum absolute atomic E-state index is 0.0219. The lowest BCUT2D eigenvalue weighted by atomic mass is 9.78. The van der Waals surface area contributed by atoms with E-state index >= 15 is 0 Å². The number of carbonyl (C=O) groups is 1. The van der Waals surface area contributed by atoms with Crippen molar-refractivity contribution < 1.29 is 22.7 Å². The second-order valence-corrected chi connectivity index (χ2v) is 11.1. The third-order valence-electron chi connectivity index (χ3n) is 6.16. The third-order valence-corrected chi connectivity index (χ3v) is 9.43. The van der Waals surface area contributed by atoms with Crippen LogP contribution in [0.25, 0.3) is 6.08 Å². The van der Waals surface area contributed by atoms with Gasteiger partial charge in [0.15, 0.2) is 0 Å². The summed E-state index contributed by atoms with van der Waals surface area (Å²) in [5, 5.41) is 1.78. The molecule has 0 aliphatic carbocycles. The predicted molar refractivity (Wildman–Crippen MR) is 120 cm³/mol. The van der Waals surface area contributed by atoms with Crippen molar-refractivity contribution in [2.45, 2.75) is 23.5 Å². The molecule has 0 atom stereocenters. The lowest BCUT2D eigenvalue weighted by Crippen LogP contribution is -2.44. The highest BCUT2D eigenvalue weighted by atomic mass is 32.2. The van der Waals surface area contributed by atoms with Gasteiger partial charge in [-0.05, 0) is 42.2 Å². The molecule has 0 radical (unpaired) electrons. The molecule has 4 rings (SSSR count). The van der Waals surface area contributed by atoms with Gasteiger partial charge in [-0.15, -0.1) is 11.3 Å². The first-order valence-corrected chi connectivity index (χ1v) is 12.6. The Bertz CT molecular complexity index is 1090. The number of hydrogen-bond donors (Lipinski definition) is 0. The van der Waals surface area contributed by atoms with Gasteiger partial charge in [-0.1, -0.05) is 6.07 Å². The fourth-order valence-corrected chi connectivity index (χ4v) is 6.86. The van der Waals surface area contributed by atoms with Crippen molar-refractivity contribution in [1.82, 2.24) is 19.2 Å². The zero-order chi connectivity index (χ0) is 22.8. The van der Waals surface area contributed by atoms with Crippen LogP contribution in [0, 0.1) is 5.41 Å². The Labute approximate surface area is 191 Å². The number of rotatable bonds is 6. The highest BCUT2D eigenvalue weighted by Crippen LogP contribution is 2.41. The van der Waals surface area contributed by atoms with E-state index in [1.807, 2.05) is 4.90 Å². The van der Waals surface area contributed by atoms with Gasteiger partial charge < -0.3 is 14.4 Å². The molecule has 2 aromatic heterocycles. The summed E-state index contributed by atoms with van der Waals surface area (Å²) < 4.78 is 37.7. The van der Waals surface area contributed by atoms with Crippen LogP contribution in [-0.2, 0) is 14.8 Å². The van der Waals surface area contributed by atoms with Gasteiger partial charge in [0, 0.05) is 38.5 Å². The number of hydrogen-bond acceptors (Lipinski definition) is 8. The van der Waals surface area contributed by atoms with E-state index in [-0.39, 0.29) is 17.3 Å².